The molecule has 0 saturated heterocycles. The highest BCUT2D eigenvalue weighted by Crippen LogP contribution is 2.39. The van der Waals surface area contributed by atoms with E-state index in [1.165, 1.54) is 38.2 Å². The lowest BCUT2D eigenvalue weighted by Crippen LogP contribution is -2.14. The third-order valence-corrected chi connectivity index (χ3v) is 4.57. The Balaban J connectivity index is 1.68. The Bertz CT molecular complexity index is 480. The molecule has 1 amide bonds. The monoisotopic (exact) mass is 261 g/mol. The highest BCUT2D eigenvalue weighted by Gasteiger charge is 2.32. The van der Waals surface area contributed by atoms with Crippen molar-refractivity contribution < 1.29 is 9.18 Å². The summed E-state index contributed by atoms with van der Waals surface area (Å²) >= 11 is 0. The molecule has 3 heteroatoms. The van der Waals surface area contributed by atoms with E-state index in [2.05, 4.69) is 5.32 Å². The van der Waals surface area contributed by atoms with E-state index in [1.54, 1.807) is 6.07 Å². The number of anilines is 1. The van der Waals surface area contributed by atoms with Crippen LogP contribution in [0.4, 0.5) is 10.1 Å². The van der Waals surface area contributed by atoms with Crippen LogP contribution in [0.15, 0.2) is 18.2 Å². The molecule has 1 heterocycles. The van der Waals surface area contributed by atoms with Crippen LogP contribution in [-0.4, -0.2) is 5.91 Å². The first-order valence-electron chi connectivity index (χ1n) is 7.35. The van der Waals surface area contributed by atoms with Crippen molar-refractivity contribution in [2.24, 2.45) is 5.92 Å². The van der Waals surface area contributed by atoms with E-state index < -0.39 is 0 Å². The van der Waals surface area contributed by atoms with Gasteiger partial charge in [-0.1, -0.05) is 44.2 Å². The van der Waals surface area contributed by atoms with Crippen LogP contribution in [0.2, 0.25) is 0 Å². The average molecular weight is 261 g/mol. The van der Waals surface area contributed by atoms with Crippen molar-refractivity contribution in [1.82, 2.24) is 0 Å². The van der Waals surface area contributed by atoms with Crippen LogP contribution in [0.1, 0.15) is 56.4 Å². The fraction of sp³-hybridized carbons (Fsp3) is 0.562. The first kappa shape index (κ1) is 12.6. The first-order valence-corrected chi connectivity index (χ1v) is 7.35. The van der Waals surface area contributed by atoms with Gasteiger partial charge in [0.25, 0.3) is 0 Å². The highest BCUT2D eigenvalue weighted by atomic mass is 19.1. The van der Waals surface area contributed by atoms with E-state index in [-0.39, 0.29) is 17.6 Å². The molecule has 1 unspecified atom stereocenters. The van der Waals surface area contributed by atoms with Crippen LogP contribution in [-0.2, 0) is 4.79 Å². The molecule has 1 aromatic carbocycles. The molecule has 1 fully saturated rings. The molecule has 19 heavy (non-hydrogen) atoms. The van der Waals surface area contributed by atoms with Crippen molar-refractivity contribution in [3.8, 4) is 0 Å². The van der Waals surface area contributed by atoms with Crippen molar-refractivity contribution in [2.75, 3.05) is 5.32 Å². The van der Waals surface area contributed by atoms with Gasteiger partial charge in [-0.15, -0.1) is 0 Å². The standard InChI is InChI=1S/C16H20FNO/c17-14-8-4-7-12-13(16(19)18-15(12)14)10-9-11-5-2-1-3-6-11/h4,7-8,11,13H,1-3,5-6,9-10H2,(H,18,19). The molecular weight excluding hydrogens is 241 g/mol. The topological polar surface area (TPSA) is 29.1 Å². The summed E-state index contributed by atoms with van der Waals surface area (Å²) < 4.78 is 13.6. The fourth-order valence-corrected chi connectivity index (χ4v) is 3.48. The average Bonchev–Trinajstić information content (AvgIpc) is 2.75. The Morgan fingerprint density at radius 3 is 2.74 bits per heavy atom. The Hall–Kier alpha value is -1.38. The molecular formula is C16H20FNO. The van der Waals surface area contributed by atoms with Crippen LogP contribution in [0.5, 0.6) is 0 Å². The van der Waals surface area contributed by atoms with Crippen LogP contribution in [0.3, 0.4) is 0 Å². The van der Waals surface area contributed by atoms with Crippen LogP contribution in [0, 0.1) is 11.7 Å². The maximum absolute atomic E-state index is 13.6. The molecule has 0 aromatic heterocycles. The zero-order valence-electron chi connectivity index (χ0n) is 11.1. The quantitative estimate of drug-likeness (QED) is 0.867. The predicted molar refractivity (Wildman–Crippen MR) is 73.6 cm³/mol. The zero-order valence-corrected chi connectivity index (χ0v) is 11.1. The van der Waals surface area contributed by atoms with Gasteiger partial charge in [-0.05, 0) is 30.4 Å². The maximum Gasteiger partial charge on any atom is 0.232 e. The predicted octanol–water partition coefficient (Wildman–Crippen LogP) is 4.22. The number of carbonyl (C=O) groups is 1. The minimum atomic E-state index is -0.314. The molecule has 2 aliphatic rings. The SMILES string of the molecule is O=C1Nc2c(F)cccc2C1CCC1CCCCC1. The number of hydrogen-bond acceptors (Lipinski definition) is 1. The van der Waals surface area contributed by atoms with E-state index in [0.29, 0.717) is 5.69 Å². The van der Waals surface area contributed by atoms with Crippen LogP contribution < -0.4 is 5.32 Å². The van der Waals surface area contributed by atoms with Crippen LogP contribution >= 0.6 is 0 Å². The summed E-state index contributed by atoms with van der Waals surface area (Å²) in [7, 11) is 0. The molecule has 1 N–H and O–H groups in total. The Kier molecular flexibility index (Phi) is 3.54. The van der Waals surface area contributed by atoms with Gasteiger partial charge in [-0.3, -0.25) is 4.79 Å². The molecule has 1 aliphatic carbocycles. The summed E-state index contributed by atoms with van der Waals surface area (Å²) in [5.41, 5.74) is 1.25. The summed E-state index contributed by atoms with van der Waals surface area (Å²) in [5.74, 6) is 0.272. The molecule has 1 aromatic rings. The summed E-state index contributed by atoms with van der Waals surface area (Å²) in [5, 5.41) is 2.69. The Morgan fingerprint density at radius 1 is 1.16 bits per heavy atom. The van der Waals surface area contributed by atoms with Crippen molar-refractivity contribution in [3.05, 3.63) is 29.6 Å². The first-order chi connectivity index (χ1) is 9.25. The van der Waals surface area contributed by atoms with Gasteiger partial charge in [0.05, 0.1) is 11.6 Å². The number of amides is 1. The third-order valence-electron chi connectivity index (χ3n) is 4.57. The minimum Gasteiger partial charge on any atom is -0.323 e. The number of rotatable bonds is 3. The lowest BCUT2D eigenvalue weighted by molar-refractivity contribution is -0.117. The molecule has 1 aliphatic heterocycles. The molecule has 0 spiro atoms. The number of fused-ring (bicyclic) bond motifs is 1. The number of carbonyl (C=O) groups excluding carboxylic acids is 1. The number of benzene rings is 1. The number of para-hydroxylation sites is 1. The maximum atomic E-state index is 13.6. The van der Waals surface area contributed by atoms with Crippen molar-refractivity contribution in [3.63, 3.8) is 0 Å². The zero-order chi connectivity index (χ0) is 13.2. The van der Waals surface area contributed by atoms with Gasteiger partial charge in [0.2, 0.25) is 5.91 Å². The smallest absolute Gasteiger partial charge is 0.232 e. The Labute approximate surface area is 113 Å². The molecule has 0 radical (unpaired) electrons. The number of hydrogen-bond donors (Lipinski definition) is 1. The molecule has 2 nitrogen and oxygen atoms in total. The van der Waals surface area contributed by atoms with E-state index >= 15 is 0 Å². The highest BCUT2D eigenvalue weighted by molar-refractivity contribution is 6.02. The normalized spacial score (nSPS) is 23.2. The van der Waals surface area contributed by atoms with Gasteiger partial charge in [-0.25, -0.2) is 4.39 Å². The van der Waals surface area contributed by atoms with Gasteiger partial charge in [0.1, 0.15) is 5.82 Å². The van der Waals surface area contributed by atoms with E-state index in [0.717, 1.165) is 24.3 Å². The largest absolute Gasteiger partial charge is 0.323 e. The number of nitrogens with one attached hydrogen (secondary N) is 1. The van der Waals surface area contributed by atoms with Gasteiger partial charge in [0.15, 0.2) is 0 Å². The van der Waals surface area contributed by atoms with Gasteiger partial charge in [-0.2, -0.15) is 0 Å². The van der Waals surface area contributed by atoms with Crippen molar-refractivity contribution in [2.45, 2.75) is 50.9 Å². The minimum absolute atomic E-state index is 0.0316. The van der Waals surface area contributed by atoms with Gasteiger partial charge < -0.3 is 5.32 Å². The lowest BCUT2D eigenvalue weighted by atomic mass is 9.83. The third kappa shape index (κ3) is 2.51. The fourth-order valence-electron chi connectivity index (χ4n) is 3.48. The van der Waals surface area contributed by atoms with Crippen molar-refractivity contribution in [1.29, 1.82) is 0 Å². The Morgan fingerprint density at radius 2 is 1.95 bits per heavy atom. The molecule has 102 valence electrons. The van der Waals surface area contributed by atoms with E-state index in [1.807, 2.05) is 6.07 Å². The second-order valence-corrected chi connectivity index (χ2v) is 5.83. The molecule has 1 atom stereocenters. The molecule has 1 saturated carbocycles. The molecule has 3 rings (SSSR count). The lowest BCUT2D eigenvalue weighted by Gasteiger charge is -2.22. The summed E-state index contributed by atoms with van der Waals surface area (Å²) in [6, 6.07) is 4.98. The van der Waals surface area contributed by atoms with Crippen molar-refractivity contribution >= 4 is 11.6 Å². The van der Waals surface area contributed by atoms with E-state index in [9.17, 15) is 9.18 Å². The number of halogens is 1. The summed E-state index contributed by atoms with van der Waals surface area (Å²) in [6.07, 6.45) is 8.55. The molecule has 0 bridgehead atoms. The van der Waals surface area contributed by atoms with Gasteiger partial charge >= 0.3 is 0 Å². The van der Waals surface area contributed by atoms with E-state index in [4.69, 9.17) is 0 Å². The second kappa shape index (κ2) is 5.32. The summed E-state index contributed by atoms with van der Waals surface area (Å²) in [4.78, 5) is 12.0. The van der Waals surface area contributed by atoms with Crippen LogP contribution in [0.25, 0.3) is 0 Å². The van der Waals surface area contributed by atoms with Gasteiger partial charge in [0, 0.05) is 0 Å². The second-order valence-electron chi connectivity index (χ2n) is 5.83. The summed E-state index contributed by atoms with van der Waals surface area (Å²) in [6.45, 7) is 0.